The van der Waals surface area contributed by atoms with Crippen molar-refractivity contribution in [2.45, 2.75) is 234 Å². The number of ketones is 1. The highest BCUT2D eigenvalue weighted by molar-refractivity contribution is 5.80. The highest BCUT2D eigenvalue weighted by Gasteiger charge is 2.17. The lowest BCUT2D eigenvalue weighted by Gasteiger charge is -2.26. The molecule has 1 rings (SSSR count). The largest absolute Gasteiger partial charge is 0.335 e. The summed E-state index contributed by atoms with van der Waals surface area (Å²) in [5.74, 6) is 2.83. The van der Waals surface area contributed by atoms with Crippen LogP contribution < -0.4 is 0 Å². The number of aromatic nitrogens is 2. The van der Waals surface area contributed by atoms with E-state index in [1.807, 2.05) is 6.20 Å². The first-order chi connectivity index (χ1) is 24.0. The number of aryl methyl sites for hydroxylation is 2. The van der Waals surface area contributed by atoms with Gasteiger partial charge in [-0.15, -0.1) is 0 Å². The Balaban J connectivity index is 2.35. The van der Waals surface area contributed by atoms with Crippen molar-refractivity contribution in [2.24, 2.45) is 11.8 Å². The van der Waals surface area contributed by atoms with E-state index in [1.165, 1.54) is 187 Å². The molecule has 0 aromatic carbocycles. The Bertz CT molecular complexity index is 835. The van der Waals surface area contributed by atoms with Crippen molar-refractivity contribution in [3.63, 3.8) is 0 Å². The number of hydrogen-bond donors (Lipinski definition) is 0. The molecule has 0 amide bonds. The average Bonchev–Trinajstić information content (AvgIpc) is 3.51. The normalized spacial score (nSPS) is 13.0. The summed E-state index contributed by atoms with van der Waals surface area (Å²) in [5, 5.41) is 0. The van der Waals surface area contributed by atoms with E-state index in [1.54, 1.807) is 0 Å². The average molecular weight is 686 g/mol. The second-order valence-corrected chi connectivity index (χ2v) is 16.0. The Kier molecular flexibility index (Phi) is 31.8. The maximum absolute atomic E-state index is 13.2. The Hall–Kier alpha value is -1.16. The molecule has 49 heavy (non-hydrogen) atoms. The van der Waals surface area contributed by atoms with Crippen molar-refractivity contribution in [2.75, 3.05) is 19.6 Å². The smallest absolute Gasteiger partial charge is 0.135 e. The van der Waals surface area contributed by atoms with Gasteiger partial charge in [0, 0.05) is 37.8 Å². The van der Waals surface area contributed by atoms with Crippen molar-refractivity contribution >= 4 is 5.78 Å². The van der Waals surface area contributed by atoms with Gasteiger partial charge in [0.25, 0.3) is 0 Å². The Morgan fingerprint density at radius 3 is 1.59 bits per heavy atom. The lowest BCUT2D eigenvalue weighted by Crippen LogP contribution is -2.31. The van der Waals surface area contributed by atoms with Gasteiger partial charge in [0.15, 0.2) is 0 Å². The molecule has 0 saturated carbocycles. The first-order valence-corrected chi connectivity index (χ1v) is 22.2. The molecule has 2 unspecified atom stereocenters. The second-order valence-electron chi connectivity index (χ2n) is 16.0. The zero-order valence-corrected chi connectivity index (χ0v) is 34.1. The molecule has 0 fully saturated rings. The summed E-state index contributed by atoms with van der Waals surface area (Å²) in [7, 11) is 0. The third-order valence-electron chi connectivity index (χ3n) is 11.1. The first kappa shape index (κ1) is 45.9. The molecule has 0 aliphatic carbocycles. The lowest BCUT2D eigenvalue weighted by atomic mass is 9.88. The van der Waals surface area contributed by atoms with E-state index >= 15 is 0 Å². The maximum atomic E-state index is 13.2. The van der Waals surface area contributed by atoms with Crippen LogP contribution in [0.5, 0.6) is 0 Å². The quantitative estimate of drug-likeness (QED) is 0.0650. The van der Waals surface area contributed by atoms with E-state index in [4.69, 9.17) is 0 Å². The van der Waals surface area contributed by atoms with Gasteiger partial charge in [0.1, 0.15) is 11.6 Å². The van der Waals surface area contributed by atoms with Crippen LogP contribution >= 0.6 is 0 Å². The van der Waals surface area contributed by atoms with Crippen molar-refractivity contribution < 1.29 is 4.79 Å². The van der Waals surface area contributed by atoms with Gasteiger partial charge in [-0.05, 0) is 64.5 Å². The van der Waals surface area contributed by atoms with Crippen LogP contribution in [0, 0.1) is 18.8 Å². The van der Waals surface area contributed by atoms with E-state index in [2.05, 4.69) is 55.3 Å². The van der Waals surface area contributed by atoms with Crippen LogP contribution in [0.1, 0.15) is 226 Å². The van der Waals surface area contributed by atoms with E-state index < -0.39 is 0 Å². The minimum atomic E-state index is 0.338. The molecule has 0 aliphatic rings. The second kappa shape index (κ2) is 34.0. The lowest BCUT2D eigenvalue weighted by molar-refractivity contribution is -0.123. The van der Waals surface area contributed by atoms with Crippen molar-refractivity contribution in [3.05, 3.63) is 18.2 Å². The standard InChI is InChI=1S/C45H87N3O/c1-6-9-12-15-17-18-19-20-22-26-32-42(4)41-47(38-31-39-48-40-36-46-43(48)5)37-30-25-21-24-29-35-45(49)44(33-27-14-11-8-3)34-28-23-16-13-10-7-2/h36,40,42,44H,6-35,37-39,41H2,1-5H3. The fourth-order valence-corrected chi connectivity index (χ4v) is 7.74. The number of hydrogen-bond acceptors (Lipinski definition) is 3. The summed E-state index contributed by atoms with van der Waals surface area (Å²) in [4.78, 5) is 20.4. The summed E-state index contributed by atoms with van der Waals surface area (Å²) in [6.07, 6.45) is 43.3. The molecule has 0 aliphatic heterocycles. The highest BCUT2D eigenvalue weighted by Crippen LogP contribution is 2.23. The number of nitrogens with zero attached hydrogens (tertiary/aromatic N) is 3. The van der Waals surface area contributed by atoms with E-state index in [9.17, 15) is 4.79 Å². The van der Waals surface area contributed by atoms with Gasteiger partial charge >= 0.3 is 0 Å². The van der Waals surface area contributed by atoms with Crippen LogP contribution in [0.4, 0.5) is 0 Å². The van der Waals surface area contributed by atoms with E-state index in [-0.39, 0.29) is 0 Å². The molecule has 2 atom stereocenters. The molecular weight excluding hydrogens is 599 g/mol. The number of unbranched alkanes of at least 4 members (excludes halogenated alkanes) is 21. The molecule has 0 bridgehead atoms. The predicted molar refractivity (Wildman–Crippen MR) is 217 cm³/mol. The third-order valence-corrected chi connectivity index (χ3v) is 11.1. The maximum Gasteiger partial charge on any atom is 0.135 e. The Morgan fingerprint density at radius 1 is 0.612 bits per heavy atom. The number of rotatable bonds is 38. The van der Waals surface area contributed by atoms with Crippen molar-refractivity contribution in [1.29, 1.82) is 0 Å². The summed E-state index contributed by atoms with van der Waals surface area (Å²) in [5.41, 5.74) is 0. The summed E-state index contributed by atoms with van der Waals surface area (Å²) in [6.45, 7) is 16.2. The first-order valence-electron chi connectivity index (χ1n) is 22.2. The van der Waals surface area contributed by atoms with Crippen LogP contribution in [0.2, 0.25) is 0 Å². The fourth-order valence-electron chi connectivity index (χ4n) is 7.74. The summed E-state index contributed by atoms with van der Waals surface area (Å²) < 4.78 is 2.30. The Labute approximate surface area is 307 Å². The Morgan fingerprint density at radius 2 is 1.06 bits per heavy atom. The fraction of sp³-hybridized carbons (Fsp3) is 0.911. The van der Waals surface area contributed by atoms with Crippen LogP contribution in [-0.4, -0.2) is 39.9 Å². The molecule has 0 N–H and O–H groups in total. The molecule has 1 aromatic rings. The molecule has 4 nitrogen and oxygen atoms in total. The zero-order chi connectivity index (χ0) is 35.6. The molecule has 1 aromatic heterocycles. The number of imidazole rings is 1. The minimum Gasteiger partial charge on any atom is -0.335 e. The van der Waals surface area contributed by atoms with E-state index in [0.717, 1.165) is 44.0 Å². The molecule has 0 spiro atoms. The van der Waals surface area contributed by atoms with Crippen LogP contribution in [0.15, 0.2) is 12.4 Å². The van der Waals surface area contributed by atoms with Crippen LogP contribution in [0.25, 0.3) is 0 Å². The molecule has 0 radical (unpaired) electrons. The molecule has 0 saturated heterocycles. The van der Waals surface area contributed by atoms with Gasteiger partial charge in [0.05, 0.1) is 0 Å². The van der Waals surface area contributed by atoms with Crippen LogP contribution in [0.3, 0.4) is 0 Å². The van der Waals surface area contributed by atoms with Gasteiger partial charge in [0.2, 0.25) is 0 Å². The van der Waals surface area contributed by atoms with Gasteiger partial charge in [-0.25, -0.2) is 4.98 Å². The SMILES string of the molecule is CCCCCCCCCCCCC(C)CN(CCCCCCCC(=O)C(CCCCCC)CCCCCCCC)CCCn1ccnc1C. The van der Waals surface area contributed by atoms with Gasteiger partial charge in [-0.3, -0.25) is 4.79 Å². The summed E-state index contributed by atoms with van der Waals surface area (Å²) >= 11 is 0. The van der Waals surface area contributed by atoms with Crippen LogP contribution in [-0.2, 0) is 11.3 Å². The molecule has 288 valence electrons. The monoisotopic (exact) mass is 686 g/mol. The number of Topliss-reactive ketones (excluding diaryl/α,β-unsaturated/α-hetero) is 1. The topological polar surface area (TPSA) is 38.1 Å². The number of carbonyl (C=O) groups is 1. The number of carbonyl (C=O) groups excluding carboxylic acids is 1. The molecule has 4 heteroatoms. The predicted octanol–water partition coefficient (Wildman–Crippen LogP) is 14.1. The third kappa shape index (κ3) is 27.2. The highest BCUT2D eigenvalue weighted by atomic mass is 16.1. The van der Waals surface area contributed by atoms with Gasteiger partial charge < -0.3 is 9.47 Å². The zero-order valence-electron chi connectivity index (χ0n) is 34.1. The van der Waals surface area contributed by atoms with Gasteiger partial charge in [-0.1, -0.05) is 175 Å². The minimum absolute atomic E-state index is 0.338. The van der Waals surface area contributed by atoms with Crippen molar-refractivity contribution in [3.8, 4) is 0 Å². The van der Waals surface area contributed by atoms with Crippen molar-refractivity contribution in [1.82, 2.24) is 14.5 Å². The molecular formula is C45H87N3O. The summed E-state index contributed by atoms with van der Waals surface area (Å²) in [6, 6.07) is 0. The van der Waals surface area contributed by atoms with E-state index in [0.29, 0.717) is 11.7 Å². The van der Waals surface area contributed by atoms with Gasteiger partial charge in [-0.2, -0.15) is 0 Å². The molecule has 1 heterocycles.